The van der Waals surface area contributed by atoms with E-state index in [1.54, 1.807) is 18.0 Å². The van der Waals surface area contributed by atoms with Crippen molar-refractivity contribution in [1.29, 1.82) is 0 Å². The van der Waals surface area contributed by atoms with Gasteiger partial charge in [-0.25, -0.2) is 4.98 Å². The molecule has 0 bridgehead atoms. The van der Waals surface area contributed by atoms with E-state index in [-0.39, 0.29) is 30.1 Å². The fraction of sp³-hybridized carbons (Fsp3) is 0.478. The van der Waals surface area contributed by atoms with Gasteiger partial charge in [0.2, 0.25) is 5.91 Å². The largest absolute Gasteiger partial charge is 0.373 e. The molecular weight excluding hydrogens is 382 g/mol. The van der Waals surface area contributed by atoms with Crippen LogP contribution in [0.2, 0.25) is 0 Å². The van der Waals surface area contributed by atoms with Crippen LogP contribution in [0.4, 0.5) is 5.69 Å². The van der Waals surface area contributed by atoms with E-state index in [1.165, 1.54) is 0 Å². The van der Waals surface area contributed by atoms with Crippen molar-refractivity contribution in [3.05, 3.63) is 54.2 Å². The molecule has 2 heterocycles. The molecule has 0 spiro atoms. The summed E-state index contributed by atoms with van der Waals surface area (Å²) in [5, 5.41) is 4.14. The number of amides is 1. The van der Waals surface area contributed by atoms with Crippen molar-refractivity contribution < 1.29 is 9.53 Å². The highest BCUT2D eigenvalue weighted by Crippen LogP contribution is 2.23. The number of nitrogens with one attached hydrogen (secondary N) is 1. The van der Waals surface area contributed by atoms with Crippen LogP contribution in [-0.2, 0) is 15.3 Å². The van der Waals surface area contributed by atoms with E-state index in [0.717, 1.165) is 35.1 Å². The average Bonchev–Trinajstić information content (AvgIpc) is 2.66. The number of hydrogen-bond acceptors (Lipinski definition) is 5. The maximum Gasteiger partial charge on any atom is 0.241 e. The summed E-state index contributed by atoms with van der Waals surface area (Å²) in [6.45, 7) is 9.91. The van der Waals surface area contributed by atoms with Crippen LogP contribution in [0.15, 0.2) is 53.7 Å². The SMILES string of the molecule is CC1CN(C(C(=O)Nc2cccc(CSc3ccccn3)c2)C(C)C)CC(C)O1. The maximum atomic E-state index is 13.1. The van der Waals surface area contributed by atoms with Gasteiger partial charge in [-0.1, -0.05) is 32.0 Å². The van der Waals surface area contributed by atoms with Gasteiger partial charge < -0.3 is 10.1 Å². The van der Waals surface area contributed by atoms with Crippen molar-refractivity contribution in [2.75, 3.05) is 18.4 Å². The van der Waals surface area contributed by atoms with Crippen molar-refractivity contribution in [3.63, 3.8) is 0 Å². The lowest BCUT2D eigenvalue weighted by Gasteiger charge is -2.41. The van der Waals surface area contributed by atoms with E-state index in [1.807, 2.05) is 30.3 Å². The third-order valence-electron chi connectivity index (χ3n) is 4.96. The van der Waals surface area contributed by atoms with Gasteiger partial charge in [-0.05, 0) is 49.6 Å². The molecule has 3 unspecified atom stereocenters. The lowest BCUT2D eigenvalue weighted by molar-refractivity contribution is -0.130. The van der Waals surface area contributed by atoms with Crippen LogP contribution in [0.5, 0.6) is 0 Å². The molecule has 5 nitrogen and oxygen atoms in total. The molecule has 1 aromatic carbocycles. The summed E-state index contributed by atoms with van der Waals surface area (Å²) < 4.78 is 5.84. The number of ether oxygens (including phenoxy) is 1. The van der Waals surface area contributed by atoms with Gasteiger partial charge in [-0.15, -0.1) is 11.8 Å². The van der Waals surface area contributed by atoms with Gasteiger partial charge in [0.1, 0.15) is 0 Å². The molecule has 1 saturated heterocycles. The number of carbonyl (C=O) groups is 1. The van der Waals surface area contributed by atoms with E-state index >= 15 is 0 Å². The first-order chi connectivity index (χ1) is 13.9. The third-order valence-corrected chi connectivity index (χ3v) is 5.98. The number of benzene rings is 1. The molecule has 1 N–H and O–H groups in total. The summed E-state index contributed by atoms with van der Waals surface area (Å²) in [5.41, 5.74) is 2.00. The number of anilines is 1. The zero-order valence-electron chi connectivity index (χ0n) is 17.7. The van der Waals surface area contributed by atoms with Crippen molar-refractivity contribution in [2.45, 2.75) is 56.7 Å². The molecule has 3 rings (SSSR count). The maximum absolute atomic E-state index is 13.1. The first kappa shape index (κ1) is 21.8. The highest BCUT2D eigenvalue weighted by molar-refractivity contribution is 7.98. The Bertz CT molecular complexity index is 790. The van der Waals surface area contributed by atoms with Crippen molar-refractivity contribution in [3.8, 4) is 0 Å². The predicted molar refractivity (Wildman–Crippen MR) is 119 cm³/mol. The van der Waals surface area contributed by atoms with Crippen LogP contribution in [0, 0.1) is 5.92 Å². The molecule has 1 aromatic heterocycles. The molecule has 1 fully saturated rings. The second-order valence-electron chi connectivity index (χ2n) is 8.05. The topological polar surface area (TPSA) is 54.5 Å². The number of thioether (sulfide) groups is 1. The van der Waals surface area contributed by atoms with Gasteiger partial charge in [-0.2, -0.15) is 0 Å². The zero-order valence-corrected chi connectivity index (χ0v) is 18.5. The quantitative estimate of drug-likeness (QED) is 0.680. The normalized spacial score (nSPS) is 21.1. The Morgan fingerprint density at radius 2 is 1.97 bits per heavy atom. The van der Waals surface area contributed by atoms with E-state index in [9.17, 15) is 4.79 Å². The van der Waals surface area contributed by atoms with Crippen LogP contribution in [0.25, 0.3) is 0 Å². The summed E-state index contributed by atoms with van der Waals surface area (Å²) in [7, 11) is 0. The minimum absolute atomic E-state index is 0.0517. The smallest absolute Gasteiger partial charge is 0.241 e. The van der Waals surface area contributed by atoms with Gasteiger partial charge >= 0.3 is 0 Å². The highest BCUT2D eigenvalue weighted by atomic mass is 32.2. The summed E-state index contributed by atoms with van der Waals surface area (Å²) in [6, 6.07) is 13.8. The third kappa shape index (κ3) is 6.29. The molecule has 0 aliphatic carbocycles. The molecule has 1 aliphatic heterocycles. The molecule has 29 heavy (non-hydrogen) atoms. The molecule has 1 aliphatic rings. The molecule has 6 heteroatoms. The fourth-order valence-corrected chi connectivity index (χ4v) is 4.68. The molecule has 2 aromatic rings. The second-order valence-corrected chi connectivity index (χ2v) is 9.04. The van der Waals surface area contributed by atoms with Crippen LogP contribution >= 0.6 is 11.8 Å². The number of hydrogen-bond donors (Lipinski definition) is 1. The van der Waals surface area contributed by atoms with E-state index < -0.39 is 0 Å². The van der Waals surface area contributed by atoms with Crippen LogP contribution < -0.4 is 5.32 Å². The molecule has 156 valence electrons. The molecule has 3 atom stereocenters. The predicted octanol–water partition coefficient (Wildman–Crippen LogP) is 4.45. The van der Waals surface area contributed by atoms with Gasteiger partial charge in [0.25, 0.3) is 0 Å². The summed E-state index contributed by atoms with van der Waals surface area (Å²) in [4.78, 5) is 19.8. The average molecular weight is 414 g/mol. The monoisotopic (exact) mass is 413 g/mol. The molecule has 0 radical (unpaired) electrons. The Hall–Kier alpha value is -1.89. The number of aromatic nitrogens is 1. The number of rotatable bonds is 7. The first-order valence-corrected chi connectivity index (χ1v) is 11.2. The summed E-state index contributed by atoms with van der Waals surface area (Å²) >= 11 is 1.69. The van der Waals surface area contributed by atoms with Crippen molar-refractivity contribution >= 4 is 23.4 Å². The van der Waals surface area contributed by atoms with Crippen LogP contribution in [-0.4, -0.2) is 47.1 Å². The Balaban J connectivity index is 1.65. The van der Waals surface area contributed by atoms with Gasteiger partial charge in [0, 0.05) is 30.7 Å². The van der Waals surface area contributed by atoms with Gasteiger partial charge in [0.15, 0.2) is 0 Å². The van der Waals surface area contributed by atoms with Gasteiger partial charge in [0.05, 0.1) is 23.3 Å². The Morgan fingerprint density at radius 1 is 1.21 bits per heavy atom. The summed E-state index contributed by atoms with van der Waals surface area (Å²) in [6.07, 6.45) is 2.08. The van der Waals surface area contributed by atoms with Gasteiger partial charge in [-0.3, -0.25) is 9.69 Å². The second kappa shape index (κ2) is 10.2. The lowest BCUT2D eigenvalue weighted by atomic mass is 9.99. The zero-order chi connectivity index (χ0) is 20.8. The summed E-state index contributed by atoms with van der Waals surface area (Å²) in [5.74, 6) is 1.08. The van der Waals surface area contributed by atoms with E-state index in [4.69, 9.17) is 4.74 Å². The first-order valence-electron chi connectivity index (χ1n) is 10.3. The van der Waals surface area contributed by atoms with E-state index in [0.29, 0.717) is 0 Å². The minimum Gasteiger partial charge on any atom is -0.373 e. The standard InChI is InChI=1S/C23H31N3O2S/c1-16(2)22(26-13-17(3)28-18(4)14-26)23(27)25-20-9-7-8-19(12-20)15-29-21-10-5-6-11-24-21/h5-12,16-18,22H,13-15H2,1-4H3,(H,25,27). The van der Waals surface area contributed by atoms with E-state index in [2.05, 4.69) is 55.0 Å². The highest BCUT2D eigenvalue weighted by Gasteiger charge is 2.34. The van der Waals surface area contributed by atoms with Crippen LogP contribution in [0.3, 0.4) is 0 Å². The Labute approximate surface area is 178 Å². The van der Waals surface area contributed by atoms with Crippen molar-refractivity contribution in [2.24, 2.45) is 5.92 Å². The lowest BCUT2D eigenvalue weighted by Crippen LogP contribution is -2.55. The van der Waals surface area contributed by atoms with Crippen LogP contribution in [0.1, 0.15) is 33.3 Å². The molecule has 0 saturated carbocycles. The number of pyridine rings is 1. The molecular formula is C23H31N3O2S. The minimum atomic E-state index is -0.171. The number of morpholine rings is 1. The fourth-order valence-electron chi connectivity index (χ4n) is 3.88. The Morgan fingerprint density at radius 3 is 2.62 bits per heavy atom. The Kier molecular flexibility index (Phi) is 7.70. The number of nitrogens with zero attached hydrogens (tertiary/aromatic N) is 2. The number of carbonyl (C=O) groups excluding carboxylic acids is 1. The van der Waals surface area contributed by atoms with Crippen molar-refractivity contribution in [1.82, 2.24) is 9.88 Å². The molecule has 1 amide bonds.